The molecule has 0 amide bonds. The molecule has 1 aliphatic heterocycles. The van der Waals surface area contributed by atoms with Gasteiger partial charge in [-0.3, -0.25) is 0 Å². The van der Waals surface area contributed by atoms with Crippen LogP contribution in [0.1, 0.15) is 90.4 Å². The Hall–Kier alpha value is -0.480. The smallest absolute Gasteiger partial charge is 0.266 e. The first-order valence-electron chi connectivity index (χ1n) is 11.9. The van der Waals surface area contributed by atoms with Crippen LogP contribution in [-0.4, -0.2) is 19.5 Å². The summed E-state index contributed by atoms with van der Waals surface area (Å²) in [5.74, 6) is 2.94. The number of allylic oxidation sites excluding steroid dienone is 1. The second kappa shape index (κ2) is 11.6. The summed E-state index contributed by atoms with van der Waals surface area (Å²) in [6.07, 6.45) is 15.3. The molecule has 0 spiro atoms. The van der Waals surface area contributed by atoms with E-state index in [4.69, 9.17) is 9.47 Å². The van der Waals surface area contributed by atoms with E-state index in [2.05, 4.69) is 6.92 Å². The number of hydrogen-bond acceptors (Lipinski definition) is 2. The van der Waals surface area contributed by atoms with Crippen LogP contribution in [-0.2, 0) is 9.47 Å². The highest BCUT2D eigenvalue weighted by molar-refractivity contribution is 4.90. The topological polar surface area (TPSA) is 18.5 Å². The van der Waals surface area contributed by atoms with E-state index in [1.54, 1.807) is 0 Å². The molecule has 2 nitrogen and oxygen atoms in total. The van der Waals surface area contributed by atoms with Gasteiger partial charge in [0.1, 0.15) is 0 Å². The fourth-order valence-electron chi connectivity index (χ4n) is 5.55. The third-order valence-electron chi connectivity index (χ3n) is 7.57. The average molecular weight is 399 g/mol. The van der Waals surface area contributed by atoms with Gasteiger partial charge in [0.25, 0.3) is 6.08 Å². The SMILES string of the molecule is CCC1CCC(C2OCC(CCCCC3CCC(C=C(F)F)CC3)CO2)CC1. The highest BCUT2D eigenvalue weighted by Crippen LogP contribution is 2.36. The van der Waals surface area contributed by atoms with Crippen molar-refractivity contribution in [2.75, 3.05) is 13.2 Å². The van der Waals surface area contributed by atoms with Crippen molar-refractivity contribution in [3.8, 4) is 0 Å². The van der Waals surface area contributed by atoms with Gasteiger partial charge in [-0.2, -0.15) is 8.78 Å². The summed E-state index contributed by atoms with van der Waals surface area (Å²) in [7, 11) is 0. The van der Waals surface area contributed by atoms with Crippen LogP contribution in [0.2, 0.25) is 0 Å². The lowest BCUT2D eigenvalue weighted by Gasteiger charge is -2.37. The third kappa shape index (κ3) is 7.09. The van der Waals surface area contributed by atoms with Crippen LogP contribution < -0.4 is 0 Å². The number of ether oxygens (including phenoxy) is 2. The summed E-state index contributed by atoms with van der Waals surface area (Å²) in [5.41, 5.74) is 0. The molecule has 28 heavy (non-hydrogen) atoms. The largest absolute Gasteiger partial charge is 0.352 e. The Bertz CT molecular complexity index is 453. The molecule has 0 bridgehead atoms. The van der Waals surface area contributed by atoms with Crippen LogP contribution >= 0.6 is 0 Å². The minimum Gasteiger partial charge on any atom is -0.352 e. The standard InChI is InChI=1S/C24H40F2O2/c1-2-18-11-13-22(14-12-18)24-27-16-21(17-28-24)6-4-3-5-19-7-9-20(10-8-19)15-23(25)26/h15,18-22,24H,2-14,16-17H2,1H3. The summed E-state index contributed by atoms with van der Waals surface area (Å²) in [5, 5.41) is 0. The highest BCUT2D eigenvalue weighted by atomic mass is 19.3. The van der Waals surface area contributed by atoms with Gasteiger partial charge >= 0.3 is 0 Å². The predicted molar refractivity (Wildman–Crippen MR) is 109 cm³/mol. The molecule has 0 aromatic heterocycles. The molecule has 2 saturated carbocycles. The van der Waals surface area contributed by atoms with Gasteiger partial charge in [-0.1, -0.05) is 45.4 Å². The second-order valence-electron chi connectivity index (χ2n) is 9.61. The Morgan fingerprint density at radius 2 is 1.36 bits per heavy atom. The van der Waals surface area contributed by atoms with Crippen molar-refractivity contribution in [2.45, 2.75) is 96.7 Å². The second-order valence-corrected chi connectivity index (χ2v) is 9.61. The molecule has 3 fully saturated rings. The van der Waals surface area contributed by atoms with E-state index in [9.17, 15) is 8.78 Å². The maximum absolute atomic E-state index is 12.3. The first kappa shape index (κ1) is 22.2. The number of rotatable bonds is 8. The Morgan fingerprint density at radius 1 is 0.786 bits per heavy atom. The van der Waals surface area contributed by atoms with Crippen LogP contribution in [0.25, 0.3) is 0 Å². The molecular formula is C24H40F2O2. The van der Waals surface area contributed by atoms with Crippen molar-refractivity contribution in [2.24, 2.45) is 29.6 Å². The van der Waals surface area contributed by atoms with Gasteiger partial charge in [0.15, 0.2) is 6.29 Å². The molecule has 2 aliphatic carbocycles. The molecule has 3 aliphatic rings. The maximum Gasteiger partial charge on any atom is 0.266 e. The molecule has 0 aromatic rings. The predicted octanol–water partition coefficient (Wildman–Crippen LogP) is 7.34. The zero-order chi connectivity index (χ0) is 19.8. The van der Waals surface area contributed by atoms with E-state index in [-0.39, 0.29) is 12.2 Å². The normalized spacial score (nSPS) is 36.8. The van der Waals surface area contributed by atoms with Crippen molar-refractivity contribution in [1.29, 1.82) is 0 Å². The fourth-order valence-corrected chi connectivity index (χ4v) is 5.55. The summed E-state index contributed by atoms with van der Waals surface area (Å²) in [4.78, 5) is 0. The van der Waals surface area contributed by atoms with Gasteiger partial charge < -0.3 is 9.47 Å². The van der Waals surface area contributed by atoms with Gasteiger partial charge in [-0.15, -0.1) is 0 Å². The Balaban J connectivity index is 1.22. The summed E-state index contributed by atoms with van der Waals surface area (Å²) >= 11 is 0. The summed E-state index contributed by atoms with van der Waals surface area (Å²) < 4.78 is 36.9. The van der Waals surface area contributed by atoms with Crippen LogP contribution in [0.5, 0.6) is 0 Å². The lowest BCUT2D eigenvalue weighted by Crippen LogP contribution is -2.38. The lowest BCUT2D eigenvalue weighted by atomic mass is 9.79. The molecule has 0 aromatic carbocycles. The van der Waals surface area contributed by atoms with Gasteiger partial charge in [-0.25, -0.2) is 0 Å². The molecule has 162 valence electrons. The van der Waals surface area contributed by atoms with Crippen molar-refractivity contribution in [3.05, 3.63) is 12.2 Å². The summed E-state index contributed by atoms with van der Waals surface area (Å²) in [6.45, 7) is 4.04. The van der Waals surface area contributed by atoms with Gasteiger partial charge in [0, 0.05) is 11.8 Å². The van der Waals surface area contributed by atoms with E-state index in [1.165, 1.54) is 63.9 Å². The number of hydrogen-bond donors (Lipinski definition) is 0. The Morgan fingerprint density at radius 3 is 1.93 bits per heavy atom. The van der Waals surface area contributed by atoms with Gasteiger partial charge in [-0.05, 0) is 68.8 Å². The molecule has 0 unspecified atom stereocenters. The maximum atomic E-state index is 12.3. The minimum atomic E-state index is -1.50. The molecule has 0 radical (unpaired) electrons. The van der Waals surface area contributed by atoms with E-state index in [1.807, 2.05) is 0 Å². The van der Waals surface area contributed by atoms with Crippen LogP contribution in [0.4, 0.5) is 8.78 Å². The van der Waals surface area contributed by atoms with E-state index in [0.29, 0.717) is 11.8 Å². The van der Waals surface area contributed by atoms with Gasteiger partial charge in [0.05, 0.1) is 13.2 Å². The first-order chi connectivity index (χ1) is 13.6. The van der Waals surface area contributed by atoms with Crippen molar-refractivity contribution in [1.82, 2.24) is 0 Å². The van der Waals surface area contributed by atoms with Crippen molar-refractivity contribution >= 4 is 0 Å². The molecule has 4 heteroatoms. The zero-order valence-corrected chi connectivity index (χ0v) is 17.7. The first-order valence-corrected chi connectivity index (χ1v) is 11.9. The highest BCUT2D eigenvalue weighted by Gasteiger charge is 2.32. The number of halogens is 2. The monoisotopic (exact) mass is 398 g/mol. The fraction of sp³-hybridized carbons (Fsp3) is 0.917. The molecule has 0 N–H and O–H groups in total. The number of unbranched alkanes of at least 4 members (excludes halogenated alkanes) is 1. The molecule has 3 rings (SSSR count). The molecule has 0 atom stereocenters. The molecule has 1 saturated heterocycles. The van der Waals surface area contributed by atoms with Crippen LogP contribution in [0.15, 0.2) is 12.2 Å². The Kier molecular flexibility index (Phi) is 9.23. The zero-order valence-electron chi connectivity index (χ0n) is 17.7. The van der Waals surface area contributed by atoms with Gasteiger partial charge in [0.2, 0.25) is 0 Å². The van der Waals surface area contributed by atoms with E-state index >= 15 is 0 Å². The lowest BCUT2D eigenvalue weighted by molar-refractivity contribution is -0.230. The van der Waals surface area contributed by atoms with Crippen molar-refractivity contribution in [3.63, 3.8) is 0 Å². The summed E-state index contributed by atoms with van der Waals surface area (Å²) in [6, 6.07) is 0. The average Bonchev–Trinajstić information content (AvgIpc) is 2.72. The van der Waals surface area contributed by atoms with E-state index < -0.39 is 6.08 Å². The Labute approximate surface area is 170 Å². The quantitative estimate of drug-likeness (QED) is 0.398. The minimum absolute atomic E-state index is 0.0486. The van der Waals surface area contributed by atoms with Crippen LogP contribution in [0, 0.1) is 29.6 Å². The van der Waals surface area contributed by atoms with Crippen LogP contribution in [0.3, 0.4) is 0 Å². The third-order valence-corrected chi connectivity index (χ3v) is 7.57. The molecule has 1 heterocycles. The van der Waals surface area contributed by atoms with E-state index in [0.717, 1.165) is 50.7 Å². The van der Waals surface area contributed by atoms with Crippen molar-refractivity contribution < 1.29 is 18.3 Å². The molecular weight excluding hydrogens is 358 g/mol.